The van der Waals surface area contributed by atoms with Crippen LogP contribution in [0.5, 0.6) is 0 Å². The van der Waals surface area contributed by atoms with Crippen molar-refractivity contribution in [2.45, 2.75) is 13.8 Å². The lowest BCUT2D eigenvalue weighted by molar-refractivity contribution is 0.107. The molecule has 0 N–H and O–H groups in total. The van der Waals surface area contributed by atoms with Gasteiger partial charge in [-0.2, -0.15) is 0 Å². The van der Waals surface area contributed by atoms with Crippen molar-refractivity contribution >= 4 is 18.6 Å². The molecule has 0 radical (unpaired) electrons. The van der Waals surface area contributed by atoms with Gasteiger partial charge < -0.3 is 0 Å². The Kier molecular flexibility index (Phi) is 3.69. The molecule has 2 aromatic carbocycles. The van der Waals surface area contributed by atoms with Crippen molar-refractivity contribution < 1.29 is 9.36 Å². The van der Waals surface area contributed by atoms with Crippen LogP contribution in [0.15, 0.2) is 48.5 Å². The number of carbonyl (C=O) groups is 1. The summed E-state index contributed by atoms with van der Waals surface area (Å²) in [4.78, 5) is 12.3. The highest BCUT2D eigenvalue weighted by atomic mass is 31.1. The molecule has 0 aliphatic rings. The van der Waals surface area contributed by atoms with Crippen LogP contribution in [0.25, 0.3) is 0 Å². The number of benzene rings is 2. The molecule has 3 heteroatoms. The highest BCUT2D eigenvalue weighted by molar-refractivity contribution is 7.71. The Bertz CT molecular complexity index is 583. The van der Waals surface area contributed by atoms with Gasteiger partial charge in [-0.15, -0.1) is 0 Å². The molecule has 0 saturated heterocycles. The average Bonchev–Trinajstić information content (AvgIpc) is 2.38. The van der Waals surface area contributed by atoms with E-state index in [1.807, 2.05) is 38.1 Å². The Balaban J connectivity index is 2.41. The first-order chi connectivity index (χ1) is 8.61. The first-order valence-electron chi connectivity index (χ1n) is 5.74. The average molecular weight is 257 g/mol. The summed E-state index contributed by atoms with van der Waals surface area (Å²) in [5.74, 6) is 0. The summed E-state index contributed by atoms with van der Waals surface area (Å²) in [5, 5.41) is 0.583. The van der Waals surface area contributed by atoms with Crippen LogP contribution in [0.4, 0.5) is 0 Å². The molecule has 0 amide bonds. The van der Waals surface area contributed by atoms with Gasteiger partial charge in [0.2, 0.25) is 0 Å². The Morgan fingerprint density at radius 1 is 0.889 bits per heavy atom. The van der Waals surface area contributed by atoms with Gasteiger partial charge in [-0.25, -0.2) is 4.79 Å². The molecule has 2 nitrogen and oxygen atoms in total. The SMILES string of the molecule is Cc1cccc(C)c1C(=O)[P+](=O)c1ccccc1. The van der Waals surface area contributed by atoms with Crippen molar-refractivity contribution in [2.24, 2.45) is 0 Å². The number of rotatable bonds is 3. The molecule has 1 unspecified atom stereocenters. The Morgan fingerprint density at radius 2 is 1.44 bits per heavy atom. The first-order valence-corrected chi connectivity index (χ1v) is 7.00. The minimum atomic E-state index is -2.03. The van der Waals surface area contributed by atoms with Crippen LogP contribution in [0.3, 0.4) is 0 Å². The predicted octanol–water partition coefficient (Wildman–Crippen LogP) is 3.60. The van der Waals surface area contributed by atoms with Crippen LogP contribution in [-0.4, -0.2) is 5.52 Å². The lowest BCUT2D eigenvalue weighted by Gasteiger charge is -2.01. The first kappa shape index (κ1) is 12.7. The van der Waals surface area contributed by atoms with Gasteiger partial charge in [0, 0.05) is 0 Å². The lowest BCUT2D eigenvalue weighted by Crippen LogP contribution is -2.06. The fourth-order valence-electron chi connectivity index (χ4n) is 1.93. The summed E-state index contributed by atoms with van der Waals surface area (Å²) in [7, 11) is -2.03. The molecule has 0 aromatic heterocycles. The number of hydrogen-bond donors (Lipinski definition) is 0. The standard InChI is InChI=1S/C15H14O2P/c1-11-7-6-8-12(2)14(11)15(16)18(17)13-9-4-3-5-10-13/h3-10H,1-2H3/q+1. The van der Waals surface area contributed by atoms with Crippen LogP contribution >= 0.6 is 7.80 Å². The third kappa shape index (κ3) is 2.39. The van der Waals surface area contributed by atoms with Crippen LogP contribution < -0.4 is 5.30 Å². The molecule has 0 aliphatic heterocycles. The number of hydrogen-bond acceptors (Lipinski definition) is 2. The molecular formula is C15H14O2P+. The zero-order chi connectivity index (χ0) is 13.1. The van der Waals surface area contributed by atoms with E-state index >= 15 is 0 Å². The second-order valence-electron chi connectivity index (χ2n) is 4.20. The molecule has 0 fully saturated rings. The van der Waals surface area contributed by atoms with E-state index in [4.69, 9.17) is 0 Å². The maximum absolute atomic E-state index is 12.3. The Morgan fingerprint density at radius 3 is 2.00 bits per heavy atom. The summed E-state index contributed by atoms with van der Waals surface area (Å²) < 4.78 is 12.2. The van der Waals surface area contributed by atoms with Crippen molar-refractivity contribution in [2.75, 3.05) is 0 Å². The Hall–Kier alpha value is -1.79. The highest BCUT2D eigenvalue weighted by Gasteiger charge is 2.34. The minimum absolute atomic E-state index is 0.285. The topological polar surface area (TPSA) is 34.1 Å². The quantitative estimate of drug-likeness (QED) is 0.787. The van der Waals surface area contributed by atoms with Gasteiger partial charge in [-0.3, -0.25) is 0 Å². The van der Waals surface area contributed by atoms with Gasteiger partial charge in [0.25, 0.3) is 0 Å². The van der Waals surface area contributed by atoms with E-state index in [-0.39, 0.29) is 5.52 Å². The molecule has 0 spiro atoms. The molecule has 0 heterocycles. The second kappa shape index (κ2) is 5.24. The second-order valence-corrected chi connectivity index (χ2v) is 5.71. The van der Waals surface area contributed by atoms with Gasteiger partial charge >= 0.3 is 13.3 Å². The zero-order valence-electron chi connectivity index (χ0n) is 10.4. The largest absolute Gasteiger partial charge is 0.458 e. The van der Waals surface area contributed by atoms with Gasteiger partial charge in [0.15, 0.2) is 5.30 Å². The van der Waals surface area contributed by atoms with E-state index in [0.29, 0.717) is 10.9 Å². The zero-order valence-corrected chi connectivity index (χ0v) is 11.3. The van der Waals surface area contributed by atoms with Crippen molar-refractivity contribution in [3.8, 4) is 0 Å². The van der Waals surface area contributed by atoms with Crippen molar-refractivity contribution in [3.63, 3.8) is 0 Å². The summed E-state index contributed by atoms with van der Waals surface area (Å²) in [5.41, 5.74) is 2.05. The fourth-order valence-corrected chi connectivity index (χ4v) is 3.17. The van der Waals surface area contributed by atoms with E-state index < -0.39 is 7.80 Å². The van der Waals surface area contributed by atoms with Crippen LogP contribution in [0, 0.1) is 13.8 Å². The van der Waals surface area contributed by atoms with E-state index in [1.54, 1.807) is 24.3 Å². The van der Waals surface area contributed by atoms with Gasteiger partial charge in [-0.05, 0) is 37.1 Å². The van der Waals surface area contributed by atoms with Crippen molar-refractivity contribution in [1.29, 1.82) is 0 Å². The van der Waals surface area contributed by atoms with Crippen LogP contribution in [0.1, 0.15) is 21.5 Å². The smallest absolute Gasteiger partial charge is 0.234 e. The summed E-state index contributed by atoms with van der Waals surface area (Å²) in [6.45, 7) is 3.74. The summed E-state index contributed by atoms with van der Waals surface area (Å²) >= 11 is 0. The molecule has 0 bridgehead atoms. The molecule has 2 rings (SSSR count). The third-order valence-corrected chi connectivity index (χ3v) is 4.23. The molecule has 1 atom stereocenters. The molecule has 0 saturated carbocycles. The van der Waals surface area contributed by atoms with E-state index in [2.05, 4.69) is 0 Å². The minimum Gasteiger partial charge on any atom is -0.234 e. The van der Waals surface area contributed by atoms with Crippen LogP contribution in [0.2, 0.25) is 0 Å². The summed E-state index contributed by atoms with van der Waals surface area (Å²) in [6.07, 6.45) is 0. The van der Waals surface area contributed by atoms with Gasteiger partial charge in [-0.1, -0.05) is 41.0 Å². The van der Waals surface area contributed by atoms with Crippen LogP contribution in [-0.2, 0) is 4.57 Å². The molecule has 0 aliphatic carbocycles. The summed E-state index contributed by atoms with van der Waals surface area (Å²) in [6, 6.07) is 14.5. The van der Waals surface area contributed by atoms with Crippen molar-refractivity contribution in [3.05, 3.63) is 65.2 Å². The number of aryl methyl sites for hydroxylation is 2. The van der Waals surface area contributed by atoms with Gasteiger partial charge in [0.05, 0.1) is 5.56 Å². The predicted molar refractivity (Wildman–Crippen MR) is 73.9 cm³/mol. The number of carbonyl (C=O) groups excluding carboxylic acids is 1. The third-order valence-electron chi connectivity index (χ3n) is 2.87. The molecule has 2 aromatic rings. The molecular weight excluding hydrogens is 243 g/mol. The lowest BCUT2D eigenvalue weighted by atomic mass is 10.0. The van der Waals surface area contributed by atoms with E-state index in [9.17, 15) is 9.36 Å². The fraction of sp³-hybridized carbons (Fsp3) is 0.133. The van der Waals surface area contributed by atoms with Gasteiger partial charge in [0.1, 0.15) is 0 Å². The molecule has 90 valence electrons. The Labute approximate surface area is 107 Å². The molecule has 18 heavy (non-hydrogen) atoms. The maximum atomic E-state index is 12.3. The maximum Gasteiger partial charge on any atom is 0.458 e. The van der Waals surface area contributed by atoms with E-state index in [1.165, 1.54) is 0 Å². The van der Waals surface area contributed by atoms with Crippen molar-refractivity contribution in [1.82, 2.24) is 0 Å². The van der Waals surface area contributed by atoms with E-state index in [0.717, 1.165) is 11.1 Å². The normalized spacial score (nSPS) is 11.1. The monoisotopic (exact) mass is 257 g/mol. The highest BCUT2D eigenvalue weighted by Crippen LogP contribution is 2.29.